The molecular weight excluding hydrogens is 434 g/mol. The van der Waals surface area contributed by atoms with Crippen LogP contribution in [-0.2, 0) is 0 Å². The van der Waals surface area contributed by atoms with Crippen LogP contribution in [-0.4, -0.2) is 32.6 Å². The van der Waals surface area contributed by atoms with Gasteiger partial charge in [0, 0.05) is 18.3 Å². The molecule has 2 N–H and O–H groups in total. The van der Waals surface area contributed by atoms with Crippen molar-refractivity contribution in [2.75, 3.05) is 6.54 Å². The van der Waals surface area contributed by atoms with Gasteiger partial charge in [-0.2, -0.15) is 0 Å². The number of carbonyl (C=O) groups is 1. The monoisotopic (exact) mass is 455 g/mol. The fourth-order valence-electron chi connectivity index (χ4n) is 3.79. The Morgan fingerprint density at radius 1 is 1.29 bits per heavy atom. The zero-order valence-corrected chi connectivity index (χ0v) is 18.5. The number of hydrogen-bond donors (Lipinski definition) is 2. The summed E-state index contributed by atoms with van der Waals surface area (Å²) in [7, 11) is 0. The van der Waals surface area contributed by atoms with Gasteiger partial charge in [-0.3, -0.25) is 4.98 Å². The van der Waals surface area contributed by atoms with E-state index in [1.165, 1.54) is 12.1 Å². The number of nitrogens with one attached hydrogen (secondary N) is 1. The third kappa shape index (κ3) is 4.29. The summed E-state index contributed by atoms with van der Waals surface area (Å²) in [5.74, 6) is 0.207. The first-order chi connectivity index (χ1) is 15.0. The molecule has 4 rings (SSSR count). The zero-order chi connectivity index (χ0) is 22.0. The van der Waals surface area contributed by atoms with Gasteiger partial charge in [-0.25, -0.2) is 4.79 Å². The Hall–Kier alpha value is -2.90. The van der Waals surface area contributed by atoms with Gasteiger partial charge in [-0.05, 0) is 61.1 Å². The Labute approximate surface area is 190 Å². The Morgan fingerprint density at radius 3 is 2.84 bits per heavy atom. The van der Waals surface area contributed by atoms with Crippen LogP contribution in [0.3, 0.4) is 0 Å². The van der Waals surface area contributed by atoms with Gasteiger partial charge in [0.05, 0.1) is 22.3 Å². The number of carboxylic acid groups (broad SMARTS) is 1. The first kappa shape index (κ1) is 21.3. The van der Waals surface area contributed by atoms with Gasteiger partial charge in [0.2, 0.25) is 0 Å². The van der Waals surface area contributed by atoms with Crippen LogP contribution in [0.25, 0.3) is 11.3 Å². The van der Waals surface area contributed by atoms with Crippen LogP contribution in [0.2, 0.25) is 5.02 Å². The second kappa shape index (κ2) is 9.08. The molecule has 31 heavy (non-hydrogen) atoms. The van der Waals surface area contributed by atoms with E-state index >= 15 is 0 Å². The fraction of sp³-hybridized carbons (Fsp3) is 0.261. The minimum absolute atomic E-state index is 0.150. The number of aromatic nitrogens is 1. The molecule has 8 heteroatoms. The van der Waals surface area contributed by atoms with Gasteiger partial charge >= 0.3 is 5.97 Å². The van der Waals surface area contributed by atoms with Crippen LogP contribution in [0.1, 0.15) is 53.7 Å². The van der Waals surface area contributed by atoms with Crippen molar-refractivity contribution < 1.29 is 14.3 Å². The number of benzene rings is 1. The Balaban J connectivity index is 1.74. The van der Waals surface area contributed by atoms with Crippen molar-refractivity contribution in [1.29, 1.82) is 0 Å². The molecule has 2 aromatic heterocycles. The predicted octanol–water partition coefficient (Wildman–Crippen LogP) is 5.47. The number of furan rings is 1. The predicted molar refractivity (Wildman–Crippen MR) is 123 cm³/mol. The van der Waals surface area contributed by atoms with E-state index in [4.69, 9.17) is 28.2 Å². The lowest BCUT2D eigenvalue weighted by molar-refractivity contribution is 0.0697. The number of rotatable bonds is 7. The van der Waals surface area contributed by atoms with E-state index in [0.717, 1.165) is 25.1 Å². The van der Waals surface area contributed by atoms with Crippen molar-refractivity contribution in [3.05, 3.63) is 76.8 Å². The van der Waals surface area contributed by atoms with Gasteiger partial charge in [0.15, 0.2) is 5.11 Å². The molecule has 0 unspecified atom stereocenters. The summed E-state index contributed by atoms with van der Waals surface area (Å²) in [6.45, 7) is 2.93. The van der Waals surface area contributed by atoms with E-state index in [2.05, 4.69) is 22.1 Å². The molecular formula is C23H22ClN3O3S. The van der Waals surface area contributed by atoms with Crippen molar-refractivity contribution >= 4 is 34.9 Å². The number of nitrogens with zero attached hydrogens (tertiary/aromatic N) is 2. The van der Waals surface area contributed by atoms with Crippen molar-refractivity contribution in [1.82, 2.24) is 15.2 Å². The summed E-state index contributed by atoms with van der Waals surface area (Å²) >= 11 is 12.0. The average molecular weight is 456 g/mol. The van der Waals surface area contributed by atoms with Crippen LogP contribution in [0, 0.1) is 0 Å². The van der Waals surface area contributed by atoms with Gasteiger partial charge in [-0.1, -0.05) is 31.0 Å². The maximum Gasteiger partial charge on any atom is 0.335 e. The third-order valence-corrected chi connectivity index (χ3v) is 6.03. The number of thiocarbonyl (C=S) groups is 1. The maximum atomic E-state index is 11.4. The van der Waals surface area contributed by atoms with Crippen molar-refractivity contribution in [3.8, 4) is 11.3 Å². The molecule has 0 aliphatic carbocycles. The normalized spacial score (nSPS) is 18.3. The Bertz CT molecular complexity index is 1100. The molecule has 0 radical (unpaired) electrons. The number of pyridine rings is 1. The number of unbranched alkanes of at least 4 members (excludes halogenated alkanes) is 1. The topological polar surface area (TPSA) is 78.6 Å². The quantitative estimate of drug-likeness (QED) is 0.457. The van der Waals surface area contributed by atoms with Crippen molar-refractivity contribution in [2.24, 2.45) is 0 Å². The van der Waals surface area contributed by atoms with E-state index in [1.807, 2.05) is 30.3 Å². The molecule has 1 aromatic carbocycles. The van der Waals surface area contributed by atoms with Crippen molar-refractivity contribution in [2.45, 2.75) is 31.8 Å². The Kier molecular flexibility index (Phi) is 6.25. The fourth-order valence-corrected chi connectivity index (χ4v) is 4.33. The summed E-state index contributed by atoms with van der Waals surface area (Å²) in [5, 5.41) is 13.8. The largest absolute Gasteiger partial charge is 0.478 e. The smallest absolute Gasteiger partial charge is 0.335 e. The minimum atomic E-state index is -1.02. The highest BCUT2D eigenvalue weighted by atomic mass is 35.5. The highest BCUT2D eigenvalue weighted by molar-refractivity contribution is 7.80. The molecule has 0 bridgehead atoms. The van der Waals surface area contributed by atoms with Gasteiger partial charge in [0.1, 0.15) is 17.6 Å². The van der Waals surface area contributed by atoms with E-state index in [1.54, 1.807) is 12.3 Å². The van der Waals surface area contributed by atoms with Gasteiger partial charge in [0.25, 0.3) is 0 Å². The summed E-state index contributed by atoms with van der Waals surface area (Å²) in [6, 6.07) is 13.7. The molecule has 0 saturated carbocycles. The van der Waals surface area contributed by atoms with Gasteiger partial charge < -0.3 is 19.7 Å². The lowest BCUT2D eigenvalue weighted by Gasteiger charge is -2.25. The maximum absolute atomic E-state index is 11.4. The number of hydrogen-bond acceptors (Lipinski definition) is 4. The van der Waals surface area contributed by atoms with E-state index < -0.39 is 5.97 Å². The molecule has 3 aromatic rings. The SMILES string of the molecule is CCCCN1C(=S)N[C@H](c2ccccn2)[C@H]1c1ccc(-c2cc(C(=O)O)ccc2Cl)o1. The summed E-state index contributed by atoms with van der Waals surface area (Å²) in [5.41, 5.74) is 1.56. The van der Waals surface area contributed by atoms with Crippen LogP contribution in [0.5, 0.6) is 0 Å². The van der Waals surface area contributed by atoms with E-state index in [-0.39, 0.29) is 17.6 Å². The molecule has 1 aliphatic heterocycles. The molecule has 0 amide bonds. The standard InChI is InChI=1S/C23H22ClN3O3S/c1-2-3-12-27-21(20(26-23(27)31)17-6-4-5-11-25-17)19-10-9-18(30-19)15-13-14(22(28)29)7-8-16(15)24/h4-11,13,20-21H,2-3,12H2,1H3,(H,26,31)(H,28,29)/t20-,21-/m1/s1. The lowest BCUT2D eigenvalue weighted by Crippen LogP contribution is -2.30. The molecule has 0 spiro atoms. The Morgan fingerprint density at radius 2 is 2.13 bits per heavy atom. The van der Waals surface area contributed by atoms with E-state index in [9.17, 15) is 9.90 Å². The molecule has 6 nitrogen and oxygen atoms in total. The zero-order valence-electron chi connectivity index (χ0n) is 16.9. The van der Waals surface area contributed by atoms with Crippen LogP contribution < -0.4 is 5.32 Å². The van der Waals surface area contributed by atoms with Crippen LogP contribution in [0.15, 0.2) is 59.1 Å². The lowest BCUT2D eigenvalue weighted by atomic mass is 10.0. The third-order valence-electron chi connectivity index (χ3n) is 5.35. The highest BCUT2D eigenvalue weighted by Gasteiger charge is 2.41. The van der Waals surface area contributed by atoms with E-state index in [0.29, 0.717) is 27.2 Å². The van der Waals surface area contributed by atoms with Crippen LogP contribution >= 0.6 is 23.8 Å². The van der Waals surface area contributed by atoms with Gasteiger partial charge in [-0.15, -0.1) is 0 Å². The highest BCUT2D eigenvalue weighted by Crippen LogP contribution is 2.41. The second-order valence-electron chi connectivity index (χ2n) is 7.38. The number of aromatic carboxylic acids is 1. The molecule has 160 valence electrons. The molecule has 1 saturated heterocycles. The summed E-state index contributed by atoms with van der Waals surface area (Å²) in [4.78, 5) is 18.0. The average Bonchev–Trinajstić information content (AvgIpc) is 3.37. The first-order valence-corrected chi connectivity index (χ1v) is 10.9. The second-order valence-corrected chi connectivity index (χ2v) is 8.17. The van der Waals surface area contributed by atoms with Crippen LogP contribution in [0.4, 0.5) is 0 Å². The summed E-state index contributed by atoms with van der Waals surface area (Å²) in [6.07, 6.45) is 3.80. The number of halogens is 1. The van der Waals surface area contributed by atoms with Crippen molar-refractivity contribution in [3.63, 3.8) is 0 Å². The molecule has 1 fully saturated rings. The molecule has 2 atom stereocenters. The first-order valence-electron chi connectivity index (χ1n) is 10.1. The number of carboxylic acids is 1. The summed E-state index contributed by atoms with van der Waals surface area (Å²) < 4.78 is 6.23. The molecule has 3 heterocycles. The minimum Gasteiger partial charge on any atom is -0.478 e. The molecule has 1 aliphatic rings.